The number of fused-ring (bicyclic) bond motifs is 21. The van der Waals surface area contributed by atoms with Gasteiger partial charge in [-0.3, -0.25) is 15.0 Å². The summed E-state index contributed by atoms with van der Waals surface area (Å²) in [6.45, 7) is 0. The van der Waals surface area contributed by atoms with E-state index in [1.54, 1.807) is 6.20 Å². The number of hydrogen-bond donors (Lipinski definition) is 2. The van der Waals surface area contributed by atoms with Crippen LogP contribution in [0.4, 0.5) is 0 Å². The summed E-state index contributed by atoms with van der Waals surface area (Å²) in [5.74, 6) is 0. The van der Waals surface area contributed by atoms with Gasteiger partial charge in [0, 0.05) is 116 Å². The van der Waals surface area contributed by atoms with Crippen LogP contribution < -0.4 is 0 Å². The summed E-state index contributed by atoms with van der Waals surface area (Å²) >= 11 is 3.43. The van der Waals surface area contributed by atoms with Gasteiger partial charge in [-0.25, -0.2) is 0 Å². The van der Waals surface area contributed by atoms with E-state index in [4.69, 9.17) is 13.3 Å². The van der Waals surface area contributed by atoms with E-state index in [-0.39, 0.29) is 0 Å². The molecule has 0 atom stereocenters. The first-order chi connectivity index (χ1) is 45.5. The molecule has 11 aromatic carbocycles. The number of benzene rings is 11. The highest BCUT2D eigenvalue weighted by Crippen LogP contribution is 2.41. The van der Waals surface area contributed by atoms with E-state index < -0.39 is 0 Å². The number of halogens is 1. The van der Waals surface area contributed by atoms with Gasteiger partial charge in [0.25, 0.3) is 0 Å². The molecule has 21 rings (SSSR count). The van der Waals surface area contributed by atoms with E-state index in [1.165, 1.54) is 87.4 Å². The summed E-state index contributed by atoms with van der Waals surface area (Å²) in [5.41, 5.74) is 24.0. The highest BCUT2D eigenvalue weighted by Gasteiger charge is 2.20. The Labute approximate surface area is 530 Å². The van der Waals surface area contributed by atoms with Crippen LogP contribution in [0.15, 0.2) is 297 Å². The standard InChI is InChI=1S/C46H26N4O2.C24H16N2.C11H6BrNO/c1-3-9-37-31(7-1)33-23-27(13-17-39(33)49(37)29-15-19-41-35(25-29)45-43(51-41)11-5-21-47-45)28-14-18-40-34(24-28)32-8-2-4-10-38(32)50(40)30-16-20-42-36(26-30)46-44(52-42)12-6-22-48-46;1-3-7-21-17(5-1)19-13-15(9-11-23(19)25-21)16-10-12-24-20(14-16)18-6-2-4-8-22(18)26-24;12-7-3-4-9-8(6-7)11-10(14-9)2-1-5-13-11/h1-26H;1-14,25-26H;1-6H. The molecule has 0 fully saturated rings. The summed E-state index contributed by atoms with van der Waals surface area (Å²) in [7, 11) is 0. The normalized spacial score (nSPS) is 12.0. The van der Waals surface area contributed by atoms with Crippen LogP contribution in [0.1, 0.15) is 0 Å². The molecule has 0 saturated heterocycles. The third-order valence-corrected chi connectivity index (χ3v) is 18.6. The van der Waals surface area contributed by atoms with Crippen LogP contribution in [0.25, 0.3) is 187 Å². The predicted octanol–water partition coefficient (Wildman–Crippen LogP) is 22.5. The summed E-state index contributed by atoms with van der Waals surface area (Å²) in [6, 6.07) is 91.6. The molecule has 0 aliphatic carbocycles. The van der Waals surface area contributed by atoms with Gasteiger partial charge in [0.2, 0.25) is 0 Å². The fourth-order valence-corrected chi connectivity index (χ4v) is 14.3. The molecule has 2 N–H and O–H groups in total. The van der Waals surface area contributed by atoms with Crippen molar-refractivity contribution in [3.05, 3.63) is 284 Å². The van der Waals surface area contributed by atoms with Gasteiger partial charge in [0.15, 0.2) is 16.7 Å². The lowest BCUT2D eigenvalue weighted by Gasteiger charge is -2.10. The zero-order valence-corrected chi connectivity index (χ0v) is 50.5. The molecule has 10 nitrogen and oxygen atoms in total. The summed E-state index contributed by atoms with van der Waals surface area (Å²) in [5, 5.41) is 13.0. The number of pyridine rings is 3. The van der Waals surface area contributed by atoms with Crippen molar-refractivity contribution in [2.45, 2.75) is 0 Å². The van der Waals surface area contributed by atoms with E-state index >= 15 is 0 Å². The van der Waals surface area contributed by atoms with Crippen molar-refractivity contribution >= 4 is 169 Å². The molecule has 0 bridgehead atoms. The lowest BCUT2D eigenvalue weighted by molar-refractivity contribution is 0.667. The fourth-order valence-electron chi connectivity index (χ4n) is 13.9. The number of hydrogen-bond acceptors (Lipinski definition) is 6. The van der Waals surface area contributed by atoms with Crippen molar-refractivity contribution < 1.29 is 13.3 Å². The van der Waals surface area contributed by atoms with Crippen LogP contribution in [0.5, 0.6) is 0 Å². The minimum absolute atomic E-state index is 0.798. The molecule has 10 aromatic heterocycles. The molecule has 21 aromatic rings. The van der Waals surface area contributed by atoms with Crippen molar-refractivity contribution in [3.63, 3.8) is 0 Å². The smallest absolute Gasteiger partial charge is 0.153 e. The van der Waals surface area contributed by atoms with Crippen LogP contribution in [-0.4, -0.2) is 34.1 Å². The quantitative estimate of drug-likeness (QED) is 0.181. The monoisotopic (exact) mass is 1250 g/mol. The average molecular weight is 1250 g/mol. The first-order valence-corrected chi connectivity index (χ1v) is 31.3. The van der Waals surface area contributed by atoms with E-state index in [9.17, 15) is 0 Å². The second kappa shape index (κ2) is 20.5. The maximum Gasteiger partial charge on any atom is 0.153 e. The Balaban J connectivity index is 0.000000124. The number of nitrogens with one attached hydrogen (secondary N) is 2. The van der Waals surface area contributed by atoms with E-state index in [0.29, 0.717) is 0 Å². The highest BCUT2D eigenvalue weighted by molar-refractivity contribution is 9.10. The molecule has 0 amide bonds. The second-order valence-corrected chi connectivity index (χ2v) is 24.3. The maximum absolute atomic E-state index is 6.10. The molecule has 0 aliphatic rings. The van der Waals surface area contributed by atoms with Gasteiger partial charge < -0.3 is 32.4 Å². The Morgan fingerprint density at radius 1 is 0.261 bits per heavy atom. The predicted molar refractivity (Wildman–Crippen MR) is 381 cm³/mol. The minimum Gasteiger partial charge on any atom is -0.454 e. The lowest BCUT2D eigenvalue weighted by atomic mass is 10.0. The van der Waals surface area contributed by atoms with Gasteiger partial charge in [-0.1, -0.05) is 113 Å². The topological polar surface area (TPSA) is 120 Å². The third-order valence-electron chi connectivity index (χ3n) is 18.1. The summed E-state index contributed by atoms with van der Waals surface area (Å²) in [6.07, 6.45) is 5.42. The van der Waals surface area contributed by atoms with Gasteiger partial charge in [0.05, 0.1) is 22.1 Å². The zero-order chi connectivity index (χ0) is 60.5. The minimum atomic E-state index is 0.798. The Morgan fingerprint density at radius 2 is 0.620 bits per heavy atom. The molecule has 0 unspecified atom stereocenters. The van der Waals surface area contributed by atoms with Gasteiger partial charge in [-0.2, -0.15) is 0 Å². The van der Waals surface area contributed by atoms with Gasteiger partial charge in [0.1, 0.15) is 33.3 Å². The third kappa shape index (κ3) is 8.29. The van der Waals surface area contributed by atoms with Crippen LogP contribution in [-0.2, 0) is 0 Å². The zero-order valence-electron chi connectivity index (χ0n) is 48.9. The maximum atomic E-state index is 6.10. The SMILES string of the molecule is Brc1ccc2oc3cccnc3c2c1.c1ccc2c(c1)[nH]c1ccc(-c3ccc4[nH]c5ccccc5c4c3)cc12.c1cnc2c(c1)oc1ccc(-n3c4ccccc4c4cc(-c5ccc6c(c5)c5ccccc5n6-c5ccc6oc7cccnc7c6c5)ccc43)cc12. The van der Waals surface area contributed by atoms with Crippen molar-refractivity contribution in [2.24, 2.45) is 0 Å². The molecule has 0 saturated carbocycles. The lowest BCUT2D eigenvalue weighted by Crippen LogP contribution is -1.94. The molecule has 92 heavy (non-hydrogen) atoms. The van der Waals surface area contributed by atoms with Gasteiger partial charge in [-0.15, -0.1) is 0 Å². The molecular formula is C81H48BrN7O3. The number of rotatable bonds is 4. The highest BCUT2D eigenvalue weighted by atomic mass is 79.9. The van der Waals surface area contributed by atoms with E-state index in [1.807, 2.05) is 67.0 Å². The first kappa shape index (κ1) is 51.9. The molecule has 0 spiro atoms. The van der Waals surface area contributed by atoms with Crippen LogP contribution >= 0.6 is 15.9 Å². The molecule has 10 heterocycles. The Hall–Kier alpha value is -12.1. The summed E-state index contributed by atoms with van der Waals surface area (Å²) in [4.78, 5) is 20.6. The van der Waals surface area contributed by atoms with E-state index in [0.717, 1.165) is 104 Å². The Bertz CT molecular complexity index is 6230. The fraction of sp³-hybridized carbons (Fsp3) is 0. The summed E-state index contributed by atoms with van der Waals surface area (Å²) < 4.78 is 23.6. The second-order valence-electron chi connectivity index (χ2n) is 23.4. The molecule has 11 heteroatoms. The van der Waals surface area contributed by atoms with Crippen molar-refractivity contribution in [3.8, 4) is 33.6 Å². The molecule has 0 aliphatic heterocycles. The average Bonchev–Trinajstić information content (AvgIpc) is 1.70. The number of aromatic nitrogens is 7. The van der Waals surface area contributed by atoms with E-state index in [2.05, 4.69) is 256 Å². The van der Waals surface area contributed by atoms with Crippen LogP contribution in [0.3, 0.4) is 0 Å². The van der Waals surface area contributed by atoms with Gasteiger partial charge >= 0.3 is 0 Å². The molecule has 432 valence electrons. The van der Waals surface area contributed by atoms with Crippen molar-refractivity contribution in [1.29, 1.82) is 0 Å². The van der Waals surface area contributed by atoms with Crippen LogP contribution in [0, 0.1) is 0 Å². The van der Waals surface area contributed by atoms with Crippen molar-refractivity contribution in [1.82, 2.24) is 34.1 Å². The Morgan fingerprint density at radius 3 is 1.08 bits per heavy atom. The Kier molecular flexibility index (Phi) is 11.6. The number of nitrogens with zero attached hydrogens (tertiary/aromatic N) is 5. The number of aromatic amines is 2. The largest absolute Gasteiger partial charge is 0.454 e. The first-order valence-electron chi connectivity index (χ1n) is 30.5. The molecular weight excluding hydrogens is 1200 g/mol. The number of furan rings is 3. The number of H-pyrrole nitrogens is 2. The van der Waals surface area contributed by atoms with Crippen molar-refractivity contribution in [2.75, 3.05) is 0 Å². The molecule has 0 radical (unpaired) electrons. The van der Waals surface area contributed by atoms with Crippen LogP contribution in [0.2, 0.25) is 0 Å². The van der Waals surface area contributed by atoms with Gasteiger partial charge in [-0.05, 0) is 186 Å². The number of para-hydroxylation sites is 4.